The normalized spacial score (nSPS) is 12.2. The van der Waals surface area contributed by atoms with Gasteiger partial charge in [-0.25, -0.2) is 8.42 Å². The molecule has 3 rings (SSSR count). The molecule has 0 aliphatic rings. The van der Waals surface area contributed by atoms with Crippen LogP contribution in [-0.2, 0) is 9.84 Å². The zero-order valence-electron chi connectivity index (χ0n) is 11.9. The zero-order valence-corrected chi connectivity index (χ0v) is 12.8. The first-order valence-electron chi connectivity index (χ1n) is 6.56. The maximum Gasteiger partial charge on any atom is 0.240 e. The average Bonchev–Trinajstić information content (AvgIpc) is 3.27. The second kappa shape index (κ2) is 6.08. The van der Waals surface area contributed by atoms with Gasteiger partial charge in [-0.05, 0) is 23.4 Å². The number of carbonyl (C=O) groups is 1. The summed E-state index contributed by atoms with van der Waals surface area (Å²) >= 11 is 0. The Morgan fingerprint density at radius 1 is 1.21 bits per heavy atom. The quantitative estimate of drug-likeness (QED) is 0.401. The molecule has 0 bridgehead atoms. The van der Waals surface area contributed by atoms with Crippen LogP contribution in [-0.4, -0.2) is 39.9 Å². The van der Waals surface area contributed by atoms with Crippen molar-refractivity contribution >= 4 is 21.4 Å². The lowest BCUT2D eigenvalue weighted by molar-refractivity contribution is 0.104. The number of tetrazole rings is 1. The molecule has 0 amide bonds. The number of hydrogen-bond donors (Lipinski definition) is 2. The highest BCUT2D eigenvalue weighted by molar-refractivity contribution is 7.91. The van der Waals surface area contributed by atoms with Gasteiger partial charge >= 0.3 is 0 Å². The van der Waals surface area contributed by atoms with E-state index in [0.717, 1.165) is 12.3 Å². The number of nitrogens with zero attached hydrogens (tertiary/aromatic N) is 3. The number of aromatic amines is 1. The number of hydrogen-bond acceptors (Lipinski definition) is 8. The highest BCUT2D eigenvalue weighted by atomic mass is 32.2. The van der Waals surface area contributed by atoms with Gasteiger partial charge in [0.2, 0.25) is 20.8 Å². The van der Waals surface area contributed by atoms with Gasteiger partial charge in [-0.15, -0.1) is 10.2 Å². The van der Waals surface area contributed by atoms with Crippen LogP contribution in [0, 0.1) is 0 Å². The molecule has 0 fully saturated rings. The summed E-state index contributed by atoms with van der Waals surface area (Å²) in [5.41, 5.74) is -0.214. The van der Waals surface area contributed by atoms with Crippen molar-refractivity contribution < 1.29 is 22.7 Å². The number of nitrogens with one attached hydrogen (secondary N) is 1. The van der Waals surface area contributed by atoms with Crippen molar-refractivity contribution in [1.29, 1.82) is 0 Å². The molecule has 2 heterocycles. The fourth-order valence-electron chi connectivity index (χ4n) is 1.93. The van der Waals surface area contributed by atoms with Gasteiger partial charge in [0.15, 0.2) is 11.5 Å². The second-order valence-electron chi connectivity index (χ2n) is 4.57. The van der Waals surface area contributed by atoms with E-state index in [1.54, 1.807) is 18.2 Å². The summed E-state index contributed by atoms with van der Waals surface area (Å²) in [5, 5.41) is 21.6. The van der Waals surface area contributed by atoms with Crippen LogP contribution in [0.15, 0.2) is 63.1 Å². The Kier molecular flexibility index (Phi) is 3.96. The third-order valence-electron chi connectivity index (χ3n) is 3.03. The monoisotopic (exact) mass is 346 g/mol. The molecule has 9 nitrogen and oxygen atoms in total. The van der Waals surface area contributed by atoms with E-state index in [4.69, 9.17) is 4.42 Å². The van der Waals surface area contributed by atoms with E-state index in [1.807, 2.05) is 0 Å². The van der Waals surface area contributed by atoms with E-state index >= 15 is 0 Å². The Balaban J connectivity index is 1.99. The number of aliphatic hydroxyl groups is 1. The molecule has 0 unspecified atom stereocenters. The SMILES string of the molecule is O=C(C=C(O)c1nn[nH]n1)c1ccoc1S(=O)(=O)c1ccccc1. The first-order valence-corrected chi connectivity index (χ1v) is 8.05. The van der Waals surface area contributed by atoms with Gasteiger partial charge in [0.05, 0.1) is 16.7 Å². The van der Waals surface area contributed by atoms with Crippen molar-refractivity contribution in [3.05, 3.63) is 60.1 Å². The number of allylic oxidation sites excluding steroid dienone is 1. The van der Waals surface area contributed by atoms with Crippen LogP contribution in [0.4, 0.5) is 0 Å². The van der Waals surface area contributed by atoms with Crippen LogP contribution in [0.2, 0.25) is 0 Å². The third-order valence-corrected chi connectivity index (χ3v) is 4.73. The summed E-state index contributed by atoms with van der Waals surface area (Å²) in [4.78, 5) is 12.2. The first kappa shape index (κ1) is 15.6. The average molecular weight is 346 g/mol. The number of aliphatic hydroxyl groups excluding tert-OH is 1. The van der Waals surface area contributed by atoms with E-state index in [1.165, 1.54) is 18.2 Å². The molecule has 0 atom stereocenters. The maximum atomic E-state index is 12.6. The zero-order chi connectivity index (χ0) is 17.2. The molecule has 24 heavy (non-hydrogen) atoms. The molecule has 0 aliphatic carbocycles. The summed E-state index contributed by atoms with van der Waals surface area (Å²) in [7, 11) is -4.01. The van der Waals surface area contributed by atoms with Crippen LogP contribution >= 0.6 is 0 Å². The Morgan fingerprint density at radius 3 is 2.62 bits per heavy atom. The van der Waals surface area contributed by atoms with Crippen molar-refractivity contribution in [2.75, 3.05) is 0 Å². The van der Waals surface area contributed by atoms with Gasteiger partial charge in [-0.1, -0.05) is 18.2 Å². The number of rotatable bonds is 5. The van der Waals surface area contributed by atoms with E-state index < -0.39 is 26.5 Å². The Labute approximate surface area is 135 Å². The number of carbonyl (C=O) groups excluding carboxylic acids is 1. The Morgan fingerprint density at radius 2 is 1.96 bits per heavy atom. The summed E-state index contributed by atoms with van der Waals surface area (Å²) in [6, 6.07) is 8.76. The fourth-order valence-corrected chi connectivity index (χ4v) is 3.30. The molecular weight excluding hydrogens is 336 g/mol. The minimum absolute atomic E-state index is 0.0135. The summed E-state index contributed by atoms with van der Waals surface area (Å²) in [5.74, 6) is -1.53. The standard InChI is InChI=1S/C14H10N4O5S/c19-11(8-12(20)13-15-17-18-16-13)10-6-7-23-14(10)24(21,22)9-4-2-1-3-5-9/h1-8,20H,(H,15,16,17,18). The Bertz CT molecular complexity index is 991. The summed E-state index contributed by atoms with van der Waals surface area (Å²) < 4.78 is 30.1. The number of furan rings is 1. The van der Waals surface area contributed by atoms with Crippen molar-refractivity contribution in [3.8, 4) is 0 Å². The van der Waals surface area contributed by atoms with Crippen molar-refractivity contribution in [3.63, 3.8) is 0 Å². The molecule has 0 aliphatic heterocycles. The largest absolute Gasteiger partial charge is 0.504 e. The maximum absolute atomic E-state index is 12.6. The summed E-state index contributed by atoms with van der Waals surface area (Å²) in [6.45, 7) is 0. The van der Waals surface area contributed by atoms with Gasteiger partial charge in [0.25, 0.3) is 0 Å². The topological polar surface area (TPSA) is 139 Å². The highest BCUT2D eigenvalue weighted by Crippen LogP contribution is 2.26. The van der Waals surface area contributed by atoms with Gasteiger partial charge in [-0.2, -0.15) is 5.21 Å². The molecule has 0 saturated heterocycles. The molecule has 0 saturated carbocycles. The van der Waals surface area contributed by atoms with E-state index in [2.05, 4.69) is 20.6 Å². The number of sulfone groups is 1. The molecule has 1 aromatic carbocycles. The molecule has 3 aromatic rings. The van der Waals surface area contributed by atoms with Crippen LogP contribution in [0.5, 0.6) is 0 Å². The van der Waals surface area contributed by atoms with Crippen molar-refractivity contribution in [2.45, 2.75) is 9.99 Å². The number of benzene rings is 1. The number of aromatic nitrogens is 4. The lowest BCUT2D eigenvalue weighted by Crippen LogP contribution is -2.07. The summed E-state index contributed by atoms with van der Waals surface area (Å²) in [6.07, 6.45) is 1.88. The fraction of sp³-hybridized carbons (Fsp3) is 0. The Hall–Kier alpha value is -3.27. The lowest BCUT2D eigenvalue weighted by atomic mass is 10.2. The number of ketones is 1. The minimum Gasteiger partial charge on any atom is -0.504 e. The molecule has 2 aromatic heterocycles. The lowest BCUT2D eigenvalue weighted by Gasteiger charge is -2.03. The van der Waals surface area contributed by atoms with Crippen molar-refractivity contribution in [2.24, 2.45) is 0 Å². The van der Waals surface area contributed by atoms with Crippen molar-refractivity contribution in [1.82, 2.24) is 20.6 Å². The van der Waals surface area contributed by atoms with E-state index in [0.29, 0.717) is 0 Å². The van der Waals surface area contributed by atoms with Crippen LogP contribution in [0.3, 0.4) is 0 Å². The molecule has 10 heteroatoms. The van der Waals surface area contributed by atoms with Gasteiger partial charge in [0.1, 0.15) is 0 Å². The third kappa shape index (κ3) is 2.82. The van der Waals surface area contributed by atoms with E-state index in [-0.39, 0.29) is 16.3 Å². The highest BCUT2D eigenvalue weighted by Gasteiger charge is 2.27. The van der Waals surface area contributed by atoms with Crippen LogP contribution in [0.1, 0.15) is 16.2 Å². The predicted molar refractivity (Wildman–Crippen MR) is 79.7 cm³/mol. The van der Waals surface area contributed by atoms with Gasteiger partial charge < -0.3 is 9.52 Å². The van der Waals surface area contributed by atoms with Crippen LogP contribution in [0.25, 0.3) is 5.76 Å². The molecule has 0 radical (unpaired) electrons. The second-order valence-corrected chi connectivity index (χ2v) is 6.42. The number of H-pyrrole nitrogens is 1. The first-order chi connectivity index (χ1) is 11.5. The predicted octanol–water partition coefficient (Wildman–Crippen LogP) is 1.41. The molecule has 0 spiro atoms. The molecular formula is C14H10N4O5S. The van der Waals surface area contributed by atoms with Crippen LogP contribution < -0.4 is 0 Å². The smallest absolute Gasteiger partial charge is 0.240 e. The molecule has 122 valence electrons. The van der Waals surface area contributed by atoms with E-state index in [9.17, 15) is 18.3 Å². The van der Waals surface area contributed by atoms with Gasteiger partial charge in [0, 0.05) is 6.08 Å². The molecule has 2 N–H and O–H groups in total. The minimum atomic E-state index is -4.01. The van der Waals surface area contributed by atoms with Gasteiger partial charge in [-0.3, -0.25) is 4.79 Å².